The van der Waals surface area contributed by atoms with E-state index >= 15 is 0 Å². The van der Waals surface area contributed by atoms with Gasteiger partial charge in [-0.15, -0.1) is 0 Å². The molecule has 1 aliphatic rings. The van der Waals surface area contributed by atoms with Crippen LogP contribution in [0.3, 0.4) is 0 Å². The van der Waals surface area contributed by atoms with Crippen LogP contribution in [0.2, 0.25) is 0 Å². The Kier molecular flexibility index (Phi) is 3.91. The highest BCUT2D eigenvalue weighted by Crippen LogP contribution is 2.27. The average molecular weight is 233 g/mol. The minimum Gasteiger partial charge on any atom is -0.497 e. The molecule has 1 N–H and O–H groups in total. The van der Waals surface area contributed by atoms with Gasteiger partial charge in [0, 0.05) is 23.9 Å². The average Bonchev–Trinajstić information content (AvgIpc) is 2.40. The number of ether oxygens (including phenoxy) is 2. The maximum absolute atomic E-state index is 5.38. The smallest absolute Gasteiger partial charge is 0.129 e. The van der Waals surface area contributed by atoms with Crippen molar-refractivity contribution >= 4 is 6.08 Å². The molecule has 0 saturated carbocycles. The van der Waals surface area contributed by atoms with E-state index in [0.29, 0.717) is 0 Å². The third kappa shape index (κ3) is 2.93. The van der Waals surface area contributed by atoms with Crippen LogP contribution in [-0.2, 0) is 0 Å². The zero-order valence-corrected chi connectivity index (χ0v) is 10.5. The van der Waals surface area contributed by atoms with Crippen LogP contribution in [0.5, 0.6) is 11.5 Å². The maximum atomic E-state index is 5.38. The van der Waals surface area contributed by atoms with Crippen LogP contribution in [0.4, 0.5) is 0 Å². The fourth-order valence-corrected chi connectivity index (χ4v) is 2.03. The summed E-state index contributed by atoms with van der Waals surface area (Å²) in [5.41, 5.74) is 2.39. The van der Waals surface area contributed by atoms with Gasteiger partial charge in [0.2, 0.25) is 0 Å². The zero-order valence-electron chi connectivity index (χ0n) is 10.5. The molecule has 92 valence electrons. The fourth-order valence-electron chi connectivity index (χ4n) is 2.03. The van der Waals surface area contributed by atoms with Crippen molar-refractivity contribution in [2.75, 3.05) is 20.8 Å². The van der Waals surface area contributed by atoms with Gasteiger partial charge in [-0.2, -0.15) is 0 Å². The molecule has 2 rings (SSSR count). The van der Waals surface area contributed by atoms with Crippen molar-refractivity contribution in [2.45, 2.75) is 19.3 Å². The summed E-state index contributed by atoms with van der Waals surface area (Å²) in [6, 6.07) is 5.90. The minimum absolute atomic E-state index is 0.820. The van der Waals surface area contributed by atoms with Gasteiger partial charge in [-0.1, -0.05) is 0 Å². The van der Waals surface area contributed by atoms with E-state index in [1.807, 2.05) is 18.2 Å². The molecule has 0 aliphatic carbocycles. The van der Waals surface area contributed by atoms with E-state index in [0.717, 1.165) is 30.0 Å². The largest absolute Gasteiger partial charge is 0.497 e. The Balaban J connectivity index is 2.24. The molecule has 3 nitrogen and oxygen atoms in total. The van der Waals surface area contributed by atoms with Gasteiger partial charge in [-0.05, 0) is 37.5 Å². The summed E-state index contributed by atoms with van der Waals surface area (Å²) in [6.45, 7) is 1.07. The normalized spacial score (nSPS) is 17.6. The molecule has 1 aromatic carbocycles. The molecule has 1 heterocycles. The van der Waals surface area contributed by atoms with Crippen LogP contribution in [0.25, 0.3) is 6.08 Å². The summed E-state index contributed by atoms with van der Waals surface area (Å²) in [5.74, 6) is 1.67. The van der Waals surface area contributed by atoms with E-state index in [1.54, 1.807) is 14.2 Å². The van der Waals surface area contributed by atoms with Gasteiger partial charge in [-0.25, -0.2) is 0 Å². The van der Waals surface area contributed by atoms with E-state index < -0.39 is 0 Å². The van der Waals surface area contributed by atoms with Crippen molar-refractivity contribution in [3.05, 3.63) is 29.5 Å². The second kappa shape index (κ2) is 5.62. The molecule has 0 radical (unpaired) electrons. The molecule has 1 fully saturated rings. The molecule has 0 spiro atoms. The third-order valence-electron chi connectivity index (χ3n) is 3.00. The number of benzene rings is 1. The first kappa shape index (κ1) is 11.8. The number of hydrogen-bond acceptors (Lipinski definition) is 3. The Morgan fingerprint density at radius 1 is 1.18 bits per heavy atom. The van der Waals surface area contributed by atoms with Crippen LogP contribution in [0.1, 0.15) is 24.8 Å². The van der Waals surface area contributed by atoms with Gasteiger partial charge < -0.3 is 14.8 Å². The lowest BCUT2D eigenvalue weighted by Crippen LogP contribution is -2.19. The molecular weight excluding hydrogens is 214 g/mol. The van der Waals surface area contributed by atoms with Crippen molar-refractivity contribution < 1.29 is 9.47 Å². The molecule has 0 unspecified atom stereocenters. The van der Waals surface area contributed by atoms with Crippen LogP contribution >= 0.6 is 0 Å². The van der Waals surface area contributed by atoms with Gasteiger partial charge in [-0.3, -0.25) is 0 Å². The molecule has 3 heteroatoms. The lowest BCUT2D eigenvalue weighted by Gasteiger charge is -2.17. The van der Waals surface area contributed by atoms with Crippen LogP contribution < -0.4 is 14.8 Å². The van der Waals surface area contributed by atoms with Gasteiger partial charge >= 0.3 is 0 Å². The second-order valence-corrected chi connectivity index (χ2v) is 4.16. The first-order chi connectivity index (χ1) is 8.33. The van der Waals surface area contributed by atoms with Crippen molar-refractivity contribution in [1.82, 2.24) is 5.32 Å². The summed E-state index contributed by atoms with van der Waals surface area (Å²) in [5, 5.41) is 3.42. The fraction of sp³-hybridized carbons (Fsp3) is 0.429. The quantitative estimate of drug-likeness (QED) is 0.870. The molecule has 1 saturated heterocycles. The van der Waals surface area contributed by atoms with E-state index in [4.69, 9.17) is 9.47 Å². The van der Waals surface area contributed by atoms with Gasteiger partial charge in [0.05, 0.1) is 14.2 Å². The molecule has 1 aliphatic heterocycles. The topological polar surface area (TPSA) is 30.5 Å². The van der Waals surface area contributed by atoms with Gasteiger partial charge in [0.1, 0.15) is 11.5 Å². The monoisotopic (exact) mass is 233 g/mol. The van der Waals surface area contributed by atoms with E-state index in [9.17, 15) is 0 Å². The Bertz CT molecular complexity index is 405. The van der Waals surface area contributed by atoms with Crippen molar-refractivity contribution in [3.8, 4) is 11.5 Å². The number of piperidine rings is 1. The Morgan fingerprint density at radius 3 is 2.71 bits per heavy atom. The van der Waals surface area contributed by atoms with E-state index in [-0.39, 0.29) is 0 Å². The third-order valence-corrected chi connectivity index (χ3v) is 3.00. The number of rotatable bonds is 3. The maximum Gasteiger partial charge on any atom is 0.129 e. The van der Waals surface area contributed by atoms with Crippen LogP contribution in [-0.4, -0.2) is 20.8 Å². The Hall–Kier alpha value is -1.64. The van der Waals surface area contributed by atoms with E-state index in [1.165, 1.54) is 18.5 Å². The van der Waals surface area contributed by atoms with Crippen molar-refractivity contribution in [3.63, 3.8) is 0 Å². The second-order valence-electron chi connectivity index (χ2n) is 4.16. The van der Waals surface area contributed by atoms with Gasteiger partial charge in [0.25, 0.3) is 0 Å². The molecule has 17 heavy (non-hydrogen) atoms. The molecule has 0 amide bonds. The highest BCUT2D eigenvalue weighted by molar-refractivity contribution is 5.61. The lowest BCUT2D eigenvalue weighted by atomic mass is 10.1. The number of methoxy groups -OCH3 is 2. The molecule has 1 aromatic rings. The standard InChI is InChI=1S/C14H19NO2/c1-16-13-7-6-11(14(10-13)17-2)9-12-5-3-4-8-15-12/h6-7,9-10,15H,3-5,8H2,1-2H3. The summed E-state index contributed by atoms with van der Waals surface area (Å²) < 4.78 is 10.6. The summed E-state index contributed by atoms with van der Waals surface area (Å²) >= 11 is 0. The molecule has 0 aromatic heterocycles. The predicted molar refractivity (Wildman–Crippen MR) is 69.4 cm³/mol. The SMILES string of the molecule is COc1ccc(C=C2CCCCN2)c(OC)c1. The first-order valence-electron chi connectivity index (χ1n) is 6.00. The highest BCUT2D eigenvalue weighted by atomic mass is 16.5. The highest BCUT2D eigenvalue weighted by Gasteiger charge is 2.07. The number of allylic oxidation sites excluding steroid dienone is 1. The predicted octanol–water partition coefficient (Wildman–Crippen LogP) is 2.82. The zero-order chi connectivity index (χ0) is 12.1. The van der Waals surface area contributed by atoms with E-state index in [2.05, 4.69) is 11.4 Å². The summed E-state index contributed by atoms with van der Waals surface area (Å²) in [4.78, 5) is 0. The van der Waals surface area contributed by atoms with Crippen molar-refractivity contribution in [1.29, 1.82) is 0 Å². The van der Waals surface area contributed by atoms with Crippen LogP contribution in [0, 0.1) is 0 Å². The Labute approximate surface area is 102 Å². The molecular formula is C14H19NO2. The number of hydrogen-bond donors (Lipinski definition) is 1. The Morgan fingerprint density at radius 2 is 2.06 bits per heavy atom. The summed E-state index contributed by atoms with van der Waals surface area (Å²) in [7, 11) is 3.35. The first-order valence-corrected chi connectivity index (χ1v) is 6.00. The summed E-state index contributed by atoms with van der Waals surface area (Å²) in [6.07, 6.45) is 5.81. The molecule has 0 bridgehead atoms. The van der Waals surface area contributed by atoms with Crippen LogP contribution in [0.15, 0.2) is 23.9 Å². The minimum atomic E-state index is 0.820. The van der Waals surface area contributed by atoms with Gasteiger partial charge in [0.15, 0.2) is 0 Å². The molecule has 0 atom stereocenters. The lowest BCUT2D eigenvalue weighted by molar-refractivity contribution is 0.393. The van der Waals surface area contributed by atoms with Crippen molar-refractivity contribution in [2.24, 2.45) is 0 Å². The number of nitrogens with one attached hydrogen (secondary N) is 1.